The third kappa shape index (κ3) is 4.29. The Morgan fingerprint density at radius 3 is 1.96 bits per heavy atom. The van der Waals surface area contributed by atoms with Crippen LogP contribution in [0.15, 0.2) is 24.3 Å². The van der Waals surface area contributed by atoms with Crippen LogP contribution in [-0.2, 0) is 0 Å². The van der Waals surface area contributed by atoms with Gasteiger partial charge in [0.05, 0.1) is 14.2 Å². The molecule has 0 unspecified atom stereocenters. The van der Waals surface area contributed by atoms with Gasteiger partial charge in [-0.3, -0.25) is 0 Å². The van der Waals surface area contributed by atoms with E-state index in [1.54, 1.807) is 20.3 Å². The minimum atomic E-state index is -1.20. The number of hydrogen-bond acceptors (Lipinski definition) is 2. The van der Waals surface area contributed by atoms with Crippen molar-refractivity contribution in [3.8, 4) is 11.5 Å². The summed E-state index contributed by atoms with van der Waals surface area (Å²) in [6, 6.07) is 5.11. The number of ether oxygens (including phenoxy) is 2. The van der Waals surface area contributed by atoms with Gasteiger partial charge in [-0.1, -0.05) is 31.4 Å². The van der Waals surface area contributed by atoms with Crippen molar-refractivity contribution in [2.45, 2.75) is 38.0 Å². The highest BCUT2D eigenvalue weighted by Gasteiger charge is 2.23. The molecule has 144 valence electrons. The second-order valence-corrected chi connectivity index (χ2v) is 6.80. The van der Waals surface area contributed by atoms with E-state index in [1.165, 1.54) is 25.3 Å². The van der Waals surface area contributed by atoms with E-state index in [0.717, 1.165) is 41.5 Å². The Labute approximate surface area is 157 Å². The molecule has 0 atom stereocenters. The molecule has 2 nitrogen and oxygen atoms in total. The van der Waals surface area contributed by atoms with E-state index in [1.807, 2.05) is 12.1 Å². The summed E-state index contributed by atoms with van der Waals surface area (Å²) in [6.45, 7) is 0. The SMILES string of the molecule is COc1cc(C=Cc2cc(F)c(F)cc2F)cc(OC)c1C1CCCCC1. The van der Waals surface area contributed by atoms with Gasteiger partial charge in [-0.2, -0.15) is 0 Å². The second kappa shape index (κ2) is 8.51. The number of hydrogen-bond donors (Lipinski definition) is 0. The van der Waals surface area contributed by atoms with Crippen LogP contribution in [0.5, 0.6) is 11.5 Å². The first kappa shape index (κ1) is 19.3. The van der Waals surface area contributed by atoms with Gasteiger partial charge >= 0.3 is 0 Å². The number of benzene rings is 2. The van der Waals surface area contributed by atoms with Crippen molar-refractivity contribution in [2.75, 3.05) is 14.2 Å². The van der Waals surface area contributed by atoms with E-state index in [9.17, 15) is 13.2 Å². The molecule has 27 heavy (non-hydrogen) atoms. The Hall–Kier alpha value is -2.43. The third-order valence-electron chi connectivity index (χ3n) is 5.07. The van der Waals surface area contributed by atoms with Crippen LogP contribution in [0.1, 0.15) is 54.7 Å². The van der Waals surface area contributed by atoms with Crippen LogP contribution >= 0.6 is 0 Å². The molecule has 2 aromatic rings. The normalized spacial score (nSPS) is 15.3. The lowest BCUT2D eigenvalue weighted by Gasteiger charge is -2.26. The molecule has 1 saturated carbocycles. The zero-order chi connectivity index (χ0) is 19.4. The van der Waals surface area contributed by atoms with Crippen molar-refractivity contribution in [1.29, 1.82) is 0 Å². The summed E-state index contributed by atoms with van der Waals surface area (Å²) in [4.78, 5) is 0. The summed E-state index contributed by atoms with van der Waals surface area (Å²) in [5.41, 5.74) is 1.77. The number of rotatable bonds is 5. The van der Waals surface area contributed by atoms with Gasteiger partial charge in [-0.25, -0.2) is 13.2 Å². The predicted octanol–water partition coefficient (Wildman–Crippen LogP) is 6.34. The van der Waals surface area contributed by atoms with Gasteiger partial charge in [0.2, 0.25) is 0 Å². The van der Waals surface area contributed by atoms with E-state index in [-0.39, 0.29) is 5.56 Å². The maximum atomic E-state index is 13.8. The van der Waals surface area contributed by atoms with Gasteiger partial charge < -0.3 is 9.47 Å². The van der Waals surface area contributed by atoms with E-state index in [2.05, 4.69) is 0 Å². The van der Waals surface area contributed by atoms with Crippen molar-refractivity contribution in [3.63, 3.8) is 0 Å². The molecule has 1 fully saturated rings. The summed E-state index contributed by atoms with van der Waals surface area (Å²) >= 11 is 0. The van der Waals surface area contributed by atoms with Crippen LogP contribution < -0.4 is 9.47 Å². The minimum absolute atomic E-state index is 0.0248. The van der Waals surface area contributed by atoms with Gasteiger partial charge in [0, 0.05) is 17.2 Å². The summed E-state index contributed by atoms with van der Waals surface area (Å²) in [7, 11) is 3.23. The highest BCUT2D eigenvalue weighted by molar-refractivity contribution is 5.72. The molecule has 0 saturated heterocycles. The fourth-order valence-electron chi connectivity index (χ4n) is 3.70. The highest BCUT2D eigenvalue weighted by atomic mass is 19.2. The molecule has 0 spiro atoms. The Balaban J connectivity index is 1.96. The largest absolute Gasteiger partial charge is 0.496 e. The van der Waals surface area contributed by atoms with E-state index in [4.69, 9.17) is 9.47 Å². The molecule has 2 aromatic carbocycles. The summed E-state index contributed by atoms with van der Waals surface area (Å²) in [5, 5.41) is 0. The first-order valence-corrected chi connectivity index (χ1v) is 9.12. The first-order chi connectivity index (χ1) is 13.0. The van der Waals surface area contributed by atoms with Crippen molar-refractivity contribution in [1.82, 2.24) is 0 Å². The molecule has 0 aromatic heterocycles. The van der Waals surface area contributed by atoms with Crippen molar-refractivity contribution in [2.24, 2.45) is 0 Å². The molecule has 3 rings (SSSR count). The van der Waals surface area contributed by atoms with E-state index in [0.29, 0.717) is 12.0 Å². The third-order valence-corrected chi connectivity index (χ3v) is 5.07. The van der Waals surface area contributed by atoms with Crippen molar-refractivity contribution in [3.05, 3.63) is 58.4 Å². The average Bonchev–Trinajstić information content (AvgIpc) is 2.69. The highest BCUT2D eigenvalue weighted by Crippen LogP contribution is 2.43. The maximum absolute atomic E-state index is 13.8. The maximum Gasteiger partial charge on any atom is 0.161 e. The average molecular weight is 376 g/mol. The van der Waals surface area contributed by atoms with E-state index < -0.39 is 17.5 Å². The summed E-state index contributed by atoms with van der Waals surface area (Å²) in [6.07, 6.45) is 8.87. The van der Waals surface area contributed by atoms with Crippen molar-refractivity contribution >= 4 is 12.2 Å². The first-order valence-electron chi connectivity index (χ1n) is 9.12. The molecular weight excluding hydrogens is 353 g/mol. The Morgan fingerprint density at radius 1 is 0.778 bits per heavy atom. The zero-order valence-corrected chi connectivity index (χ0v) is 15.5. The fraction of sp³-hybridized carbons (Fsp3) is 0.364. The molecule has 1 aliphatic rings. The lowest BCUT2D eigenvalue weighted by Crippen LogP contribution is -2.08. The molecule has 0 aliphatic heterocycles. The van der Waals surface area contributed by atoms with Crippen LogP contribution in [0.4, 0.5) is 13.2 Å². The Morgan fingerprint density at radius 2 is 1.37 bits per heavy atom. The van der Waals surface area contributed by atoms with E-state index >= 15 is 0 Å². The molecule has 0 amide bonds. The van der Waals surface area contributed by atoms with Crippen LogP contribution in [0.2, 0.25) is 0 Å². The van der Waals surface area contributed by atoms with Gasteiger partial charge in [0.15, 0.2) is 11.6 Å². The quantitative estimate of drug-likeness (QED) is 0.448. The van der Waals surface area contributed by atoms with Gasteiger partial charge in [-0.05, 0) is 42.5 Å². The smallest absolute Gasteiger partial charge is 0.161 e. The summed E-state index contributed by atoms with van der Waals surface area (Å²) < 4.78 is 51.4. The predicted molar refractivity (Wildman–Crippen MR) is 101 cm³/mol. The lowest BCUT2D eigenvalue weighted by molar-refractivity contribution is 0.359. The second-order valence-electron chi connectivity index (χ2n) is 6.80. The molecule has 0 bridgehead atoms. The topological polar surface area (TPSA) is 18.5 Å². The lowest BCUT2D eigenvalue weighted by atomic mass is 9.82. The molecule has 5 heteroatoms. The monoisotopic (exact) mass is 376 g/mol. The van der Waals surface area contributed by atoms with Crippen LogP contribution in [0.3, 0.4) is 0 Å². The Bertz CT molecular complexity index is 815. The molecular formula is C22H23F3O2. The van der Waals surface area contributed by atoms with Gasteiger partial charge in [0.25, 0.3) is 0 Å². The molecule has 0 N–H and O–H groups in total. The standard InChI is InChI=1S/C22H23F3O2/c1-26-20-10-14(8-9-16-12-18(24)19(25)13-17(16)23)11-21(27-2)22(20)15-6-4-3-5-7-15/h8-13,15H,3-7H2,1-2H3. The van der Waals surface area contributed by atoms with Crippen LogP contribution in [0.25, 0.3) is 12.2 Å². The minimum Gasteiger partial charge on any atom is -0.496 e. The molecule has 0 radical (unpaired) electrons. The van der Waals surface area contributed by atoms with Crippen molar-refractivity contribution < 1.29 is 22.6 Å². The van der Waals surface area contributed by atoms with Gasteiger partial charge in [-0.15, -0.1) is 0 Å². The van der Waals surface area contributed by atoms with Crippen LogP contribution in [0, 0.1) is 17.5 Å². The Kier molecular flexibility index (Phi) is 6.09. The summed E-state index contributed by atoms with van der Waals surface area (Å²) in [5.74, 6) is -1.25. The number of halogens is 3. The molecule has 1 aliphatic carbocycles. The molecule has 0 heterocycles. The van der Waals surface area contributed by atoms with Gasteiger partial charge in [0.1, 0.15) is 17.3 Å². The fourth-order valence-corrected chi connectivity index (χ4v) is 3.70. The number of methoxy groups -OCH3 is 2. The van der Waals surface area contributed by atoms with Crippen LogP contribution in [-0.4, -0.2) is 14.2 Å². The zero-order valence-electron chi connectivity index (χ0n) is 15.5.